The summed E-state index contributed by atoms with van der Waals surface area (Å²) < 4.78 is 2.73. The molecule has 0 bridgehead atoms. The van der Waals surface area contributed by atoms with E-state index in [1.165, 1.54) is 50.0 Å². The summed E-state index contributed by atoms with van der Waals surface area (Å²) in [7, 11) is 0. The average molecular weight is 445 g/mol. The zero-order valence-corrected chi connectivity index (χ0v) is 19.2. The van der Waals surface area contributed by atoms with E-state index in [0.717, 1.165) is 22.1 Å². The van der Waals surface area contributed by atoms with Crippen LogP contribution in [-0.4, -0.2) is 39.1 Å². The van der Waals surface area contributed by atoms with Crippen LogP contribution in [0.5, 0.6) is 0 Å². The fourth-order valence-electron chi connectivity index (χ4n) is 3.33. The van der Waals surface area contributed by atoms with E-state index in [1.807, 2.05) is 44.6 Å². The van der Waals surface area contributed by atoms with Crippen molar-refractivity contribution < 1.29 is 0 Å². The van der Waals surface area contributed by atoms with Gasteiger partial charge in [0.25, 0.3) is 0 Å². The molecule has 1 saturated heterocycles. The second-order valence-electron chi connectivity index (χ2n) is 6.45. The van der Waals surface area contributed by atoms with Gasteiger partial charge in [0.1, 0.15) is 0 Å². The summed E-state index contributed by atoms with van der Waals surface area (Å²) in [5.41, 5.74) is 4.51. The Labute approximate surface area is 178 Å². The summed E-state index contributed by atoms with van der Waals surface area (Å²) in [6.45, 7) is 11.7. The highest BCUT2D eigenvalue weighted by molar-refractivity contribution is 9.10. The summed E-state index contributed by atoms with van der Waals surface area (Å²) >= 11 is 3.46. The fraction of sp³-hybridized carbons (Fsp3) is 0.478. The van der Waals surface area contributed by atoms with Crippen LogP contribution in [0.1, 0.15) is 52.5 Å². The molecule has 1 aliphatic rings. The number of piperidine rings is 1. The Hall–Kier alpha value is -1.72. The number of likely N-dealkylation sites (tertiary alicyclic amines) is 1. The number of aromatic nitrogens is 3. The van der Waals surface area contributed by atoms with E-state index >= 15 is 0 Å². The number of rotatable bonds is 4. The van der Waals surface area contributed by atoms with Crippen LogP contribution in [0.25, 0.3) is 16.8 Å². The van der Waals surface area contributed by atoms with E-state index in [9.17, 15) is 0 Å². The predicted octanol–water partition coefficient (Wildman–Crippen LogP) is 6.24. The minimum absolute atomic E-state index is 0.844. The summed E-state index contributed by atoms with van der Waals surface area (Å²) in [4.78, 5) is 7.07. The maximum atomic E-state index is 4.48. The van der Waals surface area contributed by atoms with Crippen LogP contribution in [0.3, 0.4) is 0 Å². The fourth-order valence-corrected chi connectivity index (χ4v) is 3.70. The van der Waals surface area contributed by atoms with E-state index < -0.39 is 0 Å². The zero-order valence-electron chi connectivity index (χ0n) is 17.7. The second kappa shape index (κ2) is 12.0. The van der Waals surface area contributed by atoms with Crippen molar-refractivity contribution in [2.75, 3.05) is 19.6 Å². The number of hydrogen-bond donors (Lipinski definition) is 0. The van der Waals surface area contributed by atoms with Crippen molar-refractivity contribution in [3.63, 3.8) is 0 Å². The minimum Gasteiger partial charge on any atom is -0.303 e. The molecule has 3 aromatic rings. The van der Waals surface area contributed by atoms with Gasteiger partial charge in [-0.25, -0.2) is 9.50 Å². The van der Waals surface area contributed by atoms with Crippen LogP contribution in [-0.2, 0) is 6.42 Å². The van der Waals surface area contributed by atoms with Crippen molar-refractivity contribution in [2.45, 2.75) is 53.4 Å². The van der Waals surface area contributed by atoms with Crippen molar-refractivity contribution in [1.29, 1.82) is 0 Å². The van der Waals surface area contributed by atoms with Gasteiger partial charge in [-0.2, -0.15) is 5.10 Å². The summed E-state index contributed by atoms with van der Waals surface area (Å²) in [6, 6.07) is 8.85. The van der Waals surface area contributed by atoms with Crippen LogP contribution in [0.15, 0.2) is 47.3 Å². The molecule has 0 saturated carbocycles. The van der Waals surface area contributed by atoms with Gasteiger partial charge in [-0.15, -0.1) is 0 Å². The molecule has 1 aliphatic heterocycles. The SMILES string of the molecule is Brc1cnn2cc(-c3ccc(CCN4CCCCC4)cc3)cnc12.CC.CC. The Balaban J connectivity index is 0.000000660. The first kappa shape index (κ1) is 22.6. The Morgan fingerprint density at radius 3 is 2.25 bits per heavy atom. The predicted molar refractivity (Wildman–Crippen MR) is 123 cm³/mol. The largest absolute Gasteiger partial charge is 0.303 e. The Morgan fingerprint density at radius 2 is 1.57 bits per heavy atom. The van der Waals surface area contributed by atoms with Gasteiger partial charge in [-0.3, -0.25) is 0 Å². The number of nitrogens with zero attached hydrogens (tertiary/aromatic N) is 4. The van der Waals surface area contributed by atoms with Crippen LogP contribution in [0.2, 0.25) is 0 Å². The van der Waals surface area contributed by atoms with Gasteiger partial charge < -0.3 is 4.90 Å². The van der Waals surface area contributed by atoms with Gasteiger partial charge in [0.2, 0.25) is 0 Å². The molecule has 28 heavy (non-hydrogen) atoms. The molecule has 5 heteroatoms. The Kier molecular flexibility index (Phi) is 9.65. The number of fused-ring (bicyclic) bond motifs is 1. The summed E-state index contributed by atoms with van der Waals surface area (Å²) in [5, 5.41) is 4.30. The second-order valence-corrected chi connectivity index (χ2v) is 7.31. The lowest BCUT2D eigenvalue weighted by atomic mass is 10.0. The highest BCUT2D eigenvalue weighted by Crippen LogP contribution is 2.22. The molecule has 3 heterocycles. The average Bonchev–Trinajstić information content (AvgIpc) is 3.16. The molecule has 1 aromatic carbocycles. The Morgan fingerprint density at radius 1 is 0.893 bits per heavy atom. The summed E-state index contributed by atoms with van der Waals surface area (Å²) in [5.74, 6) is 0. The van der Waals surface area contributed by atoms with Crippen LogP contribution in [0.4, 0.5) is 0 Å². The lowest BCUT2D eigenvalue weighted by molar-refractivity contribution is 0.231. The monoisotopic (exact) mass is 444 g/mol. The van der Waals surface area contributed by atoms with Gasteiger partial charge in [0.15, 0.2) is 5.65 Å². The lowest BCUT2D eigenvalue weighted by Gasteiger charge is -2.26. The zero-order chi connectivity index (χ0) is 20.4. The number of benzene rings is 1. The topological polar surface area (TPSA) is 33.4 Å². The van der Waals surface area contributed by atoms with Crippen LogP contribution < -0.4 is 0 Å². The maximum Gasteiger partial charge on any atom is 0.169 e. The molecule has 152 valence electrons. The molecular weight excluding hydrogens is 412 g/mol. The van der Waals surface area contributed by atoms with E-state index in [2.05, 4.69) is 55.2 Å². The van der Waals surface area contributed by atoms with Gasteiger partial charge in [0, 0.05) is 24.5 Å². The molecule has 0 unspecified atom stereocenters. The molecule has 0 aliphatic carbocycles. The van der Waals surface area contributed by atoms with Gasteiger partial charge in [-0.1, -0.05) is 58.4 Å². The first-order valence-electron chi connectivity index (χ1n) is 10.6. The molecule has 4 rings (SSSR count). The first-order valence-corrected chi connectivity index (χ1v) is 11.4. The van der Waals surface area contributed by atoms with Crippen molar-refractivity contribution in [3.8, 4) is 11.1 Å². The molecule has 0 amide bonds. The third-order valence-electron chi connectivity index (χ3n) is 4.77. The first-order chi connectivity index (χ1) is 13.8. The minimum atomic E-state index is 0.844. The van der Waals surface area contributed by atoms with Crippen molar-refractivity contribution in [2.24, 2.45) is 0 Å². The highest BCUT2D eigenvalue weighted by atomic mass is 79.9. The number of hydrogen-bond acceptors (Lipinski definition) is 3. The van der Waals surface area contributed by atoms with E-state index in [1.54, 1.807) is 6.20 Å². The lowest BCUT2D eigenvalue weighted by Crippen LogP contribution is -2.31. The van der Waals surface area contributed by atoms with E-state index in [0.29, 0.717) is 0 Å². The van der Waals surface area contributed by atoms with Crippen molar-refractivity contribution in [3.05, 3.63) is 52.9 Å². The molecule has 0 spiro atoms. The normalized spacial score (nSPS) is 14.0. The van der Waals surface area contributed by atoms with Crippen molar-refractivity contribution >= 4 is 21.6 Å². The third-order valence-corrected chi connectivity index (χ3v) is 5.33. The quantitative estimate of drug-likeness (QED) is 0.477. The molecule has 0 atom stereocenters. The van der Waals surface area contributed by atoms with Gasteiger partial charge in [-0.05, 0) is 59.4 Å². The molecule has 2 aromatic heterocycles. The smallest absolute Gasteiger partial charge is 0.169 e. The van der Waals surface area contributed by atoms with Gasteiger partial charge >= 0.3 is 0 Å². The summed E-state index contributed by atoms with van der Waals surface area (Å²) in [6.07, 6.45) is 11.0. The highest BCUT2D eigenvalue weighted by Gasteiger charge is 2.10. The molecule has 4 nitrogen and oxygen atoms in total. The van der Waals surface area contributed by atoms with Gasteiger partial charge in [0.05, 0.1) is 10.7 Å². The Bertz CT molecular complexity index is 820. The van der Waals surface area contributed by atoms with E-state index in [4.69, 9.17) is 0 Å². The van der Waals surface area contributed by atoms with Crippen molar-refractivity contribution in [1.82, 2.24) is 19.5 Å². The van der Waals surface area contributed by atoms with Crippen LogP contribution >= 0.6 is 15.9 Å². The van der Waals surface area contributed by atoms with E-state index in [-0.39, 0.29) is 0 Å². The molecular formula is C23H33BrN4. The standard InChI is InChI=1S/C19H21BrN4.2C2H6/c20-18-13-22-24-14-17(12-21-19(18)24)16-6-4-15(5-7-16)8-11-23-9-2-1-3-10-23;2*1-2/h4-7,12-14H,1-3,8-11H2;2*1-2H3. The van der Waals surface area contributed by atoms with Crippen LogP contribution in [0, 0.1) is 0 Å². The molecule has 1 fully saturated rings. The third kappa shape index (κ3) is 5.89. The maximum absolute atomic E-state index is 4.48. The molecule has 0 radical (unpaired) electrons. The number of halogens is 1. The molecule has 0 N–H and O–H groups in total.